The van der Waals surface area contributed by atoms with Crippen LogP contribution in [0.25, 0.3) is 0 Å². The number of hydrogen-bond donors (Lipinski definition) is 1. The standard InChI is InChI=1S/C16H28N4O/c1-5-21-12-14-18-13(17-4)11-15(19-14)20-9-6-7-16(2,3)8-10-20/h11H,5-10,12H2,1-4H3,(H,17,18,19). The van der Waals surface area contributed by atoms with E-state index in [2.05, 4.69) is 34.0 Å². The summed E-state index contributed by atoms with van der Waals surface area (Å²) in [5.74, 6) is 2.63. The van der Waals surface area contributed by atoms with Crippen LogP contribution in [-0.4, -0.2) is 36.7 Å². The van der Waals surface area contributed by atoms with Crippen molar-refractivity contribution in [1.29, 1.82) is 0 Å². The van der Waals surface area contributed by atoms with E-state index in [-0.39, 0.29) is 0 Å². The van der Waals surface area contributed by atoms with Gasteiger partial charge in [-0.1, -0.05) is 13.8 Å². The van der Waals surface area contributed by atoms with Crippen LogP contribution in [0, 0.1) is 5.41 Å². The molecule has 2 rings (SSSR count). The predicted molar refractivity (Wildman–Crippen MR) is 86.8 cm³/mol. The van der Waals surface area contributed by atoms with Crippen molar-refractivity contribution < 1.29 is 4.74 Å². The summed E-state index contributed by atoms with van der Waals surface area (Å²) in [7, 11) is 1.89. The van der Waals surface area contributed by atoms with Gasteiger partial charge in [0.05, 0.1) is 0 Å². The van der Waals surface area contributed by atoms with Gasteiger partial charge in [0.15, 0.2) is 5.82 Å². The van der Waals surface area contributed by atoms with Crippen LogP contribution in [0.1, 0.15) is 45.9 Å². The van der Waals surface area contributed by atoms with E-state index in [1.807, 2.05) is 20.0 Å². The van der Waals surface area contributed by atoms with Crippen molar-refractivity contribution in [2.75, 3.05) is 37.0 Å². The van der Waals surface area contributed by atoms with E-state index in [4.69, 9.17) is 4.74 Å². The second-order valence-corrected chi connectivity index (χ2v) is 6.42. The molecule has 0 spiro atoms. The zero-order chi connectivity index (χ0) is 15.3. The summed E-state index contributed by atoms with van der Waals surface area (Å²) < 4.78 is 5.45. The minimum absolute atomic E-state index is 0.432. The second-order valence-electron chi connectivity index (χ2n) is 6.42. The van der Waals surface area contributed by atoms with Crippen molar-refractivity contribution in [1.82, 2.24) is 9.97 Å². The number of nitrogens with zero attached hydrogens (tertiary/aromatic N) is 3. The molecule has 1 N–H and O–H groups in total. The van der Waals surface area contributed by atoms with E-state index in [0.29, 0.717) is 18.6 Å². The Hall–Kier alpha value is -1.36. The molecule has 1 aromatic rings. The Labute approximate surface area is 128 Å². The first-order chi connectivity index (χ1) is 10.0. The summed E-state index contributed by atoms with van der Waals surface area (Å²) in [4.78, 5) is 11.5. The fourth-order valence-electron chi connectivity index (χ4n) is 2.68. The predicted octanol–water partition coefficient (Wildman–Crippen LogP) is 3.07. The maximum atomic E-state index is 5.45. The Morgan fingerprint density at radius 3 is 2.81 bits per heavy atom. The fraction of sp³-hybridized carbons (Fsp3) is 0.750. The molecule has 5 nitrogen and oxygen atoms in total. The molecule has 21 heavy (non-hydrogen) atoms. The number of anilines is 2. The molecule has 0 aromatic carbocycles. The first-order valence-corrected chi connectivity index (χ1v) is 7.92. The van der Waals surface area contributed by atoms with Crippen LogP contribution in [-0.2, 0) is 11.3 Å². The molecule has 0 bridgehead atoms. The molecule has 0 saturated carbocycles. The van der Waals surface area contributed by atoms with Crippen LogP contribution in [0.5, 0.6) is 0 Å². The van der Waals surface area contributed by atoms with E-state index in [0.717, 1.165) is 30.5 Å². The van der Waals surface area contributed by atoms with Gasteiger partial charge in [-0.05, 0) is 31.6 Å². The summed E-state index contributed by atoms with van der Waals surface area (Å²) in [6, 6.07) is 2.04. The number of hydrogen-bond acceptors (Lipinski definition) is 5. The van der Waals surface area contributed by atoms with Crippen LogP contribution in [0.15, 0.2) is 6.07 Å². The van der Waals surface area contributed by atoms with Crippen molar-refractivity contribution in [2.24, 2.45) is 5.41 Å². The second kappa shape index (κ2) is 7.07. The van der Waals surface area contributed by atoms with E-state index in [9.17, 15) is 0 Å². The van der Waals surface area contributed by atoms with Crippen molar-refractivity contribution in [2.45, 2.75) is 46.6 Å². The zero-order valence-corrected chi connectivity index (χ0v) is 13.8. The molecule has 5 heteroatoms. The molecule has 0 aliphatic carbocycles. The molecular formula is C16H28N4O. The normalized spacial score (nSPS) is 18.4. The first-order valence-electron chi connectivity index (χ1n) is 7.92. The molecule has 1 aromatic heterocycles. The largest absolute Gasteiger partial charge is 0.374 e. The molecule has 0 atom stereocenters. The quantitative estimate of drug-likeness (QED) is 0.904. The Morgan fingerprint density at radius 1 is 1.29 bits per heavy atom. The van der Waals surface area contributed by atoms with Crippen molar-refractivity contribution in [3.05, 3.63) is 11.9 Å². The van der Waals surface area contributed by atoms with Gasteiger partial charge in [0, 0.05) is 32.8 Å². The summed E-state index contributed by atoms with van der Waals surface area (Å²) in [6.07, 6.45) is 3.69. The van der Waals surface area contributed by atoms with Gasteiger partial charge in [0.1, 0.15) is 18.2 Å². The molecule has 0 unspecified atom stereocenters. The average molecular weight is 292 g/mol. The van der Waals surface area contributed by atoms with Crippen molar-refractivity contribution >= 4 is 11.6 Å². The van der Waals surface area contributed by atoms with Gasteiger partial charge in [-0.3, -0.25) is 0 Å². The maximum absolute atomic E-state index is 5.45. The maximum Gasteiger partial charge on any atom is 0.158 e. The number of aromatic nitrogens is 2. The summed E-state index contributed by atoms with van der Waals surface area (Å²) in [5.41, 5.74) is 0.432. The average Bonchev–Trinajstić information content (AvgIpc) is 2.65. The summed E-state index contributed by atoms with van der Waals surface area (Å²) in [6.45, 7) is 9.98. The van der Waals surface area contributed by atoms with E-state index >= 15 is 0 Å². The topological polar surface area (TPSA) is 50.3 Å². The molecular weight excluding hydrogens is 264 g/mol. The highest BCUT2D eigenvalue weighted by Crippen LogP contribution is 2.31. The van der Waals surface area contributed by atoms with Gasteiger partial charge in [-0.15, -0.1) is 0 Å². The lowest BCUT2D eigenvalue weighted by molar-refractivity contribution is 0.128. The molecule has 0 radical (unpaired) electrons. The molecule has 1 aliphatic heterocycles. The van der Waals surface area contributed by atoms with Crippen molar-refractivity contribution in [3.8, 4) is 0 Å². The SMILES string of the molecule is CCOCc1nc(NC)cc(N2CCCC(C)(C)CC2)n1. The molecule has 118 valence electrons. The van der Waals surface area contributed by atoms with Crippen LogP contribution >= 0.6 is 0 Å². The van der Waals surface area contributed by atoms with Crippen molar-refractivity contribution in [3.63, 3.8) is 0 Å². The minimum Gasteiger partial charge on any atom is -0.374 e. The number of ether oxygens (including phenoxy) is 1. The third kappa shape index (κ3) is 4.56. The monoisotopic (exact) mass is 292 g/mol. The minimum atomic E-state index is 0.432. The molecule has 2 heterocycles. The summed E-state index contributed by atoms with van der Waals surface area (Å²) in [5, 5.41) is 3.12. The molecule has 0 amide bonds. The fourth-order valence-corrected chi connectivity index (χ4v) is 2.68. The number of rotatable bonds is 5. The van der Waals surface area contributed by atoms with Gasteiger partial charge in [-0.25, -0.2) is 9.97 Å². The Kier molecular flexibility index (Phi) is 5.39. The van der Waals surface area contributed by atoms with E-state index in [1.165, 1.54) is 19.3 Å². The zero-order valence-electron chi connectivity index (χ0n) is 13.8. The van der Waals surface area contributed by atoms with Crippen LogP contribution in [0.3, 0.4) is 0 Å². The third-order valence-electron chi connectivity index (χ3n) is 4.11. The lowest BCUT2D eigenvalue weighted by atomic mass is 9.85. The number of nitrogens with one attached hydrogen (secondary N) is 1. The van der Waals surface area contributed by atoms with Crippen LogP contribution in [0.4, 0.5) is 11.6 Å². The smallest absolute Gasteiger partial charge is 0.158 e. The van der Waals surface area contributed by atoms with E-state index < -0.39 is 0 Å². The molecule has 1 fully saturated rings. The third-order valence-corrected chi connectivity index (χ3v) is 4.11. The molecule has 1 aliphatic rings. The Balaban J connectivity index is 2.17. The van der Waals surface area contributed by atoms with Crippen LogP contribution in [0.2, 0.25) is 0 Å². The lowest BCUT2D eigenvalue weighted by Crippen LogP contribution is -2.26. The molecule has 1 saturated heterocycles. The Bertz CT molecular complexity index is 462. The van der Waals surface area contributed by atoms with Gasteiger partial charge in [0.25, 0.3) is 0 Å². The van der Waals surface area contributed by atoms with Gasteiger partial charge < -0.3 is 15.0 Å². The van der Waals surface area contributed by atoms with Gasteiger partial charge >= 0.3 is 0 Å². The van der Waals surface area contributed by atoms with Crippen LogP contribution < -0.4 is 10.2 Å². The van der Waals surface area contributed by atoms with Gasteiger partial charge in [-0.2, -0.15) is 0 Å². The summed E-state index contributed by atoms with van der Waals surface area (Å²) >= 11 is 0. The van der Waals surface area contributed by atoms with E-state index in [1.54, 1.807) is 0 Å². The highest BCUT2D eigenvalue weighted by Gasteiger charge is 2.24. The highest BCUT2D eigenvalue weighted by molar-refractivity contribution is 5.49. The first kappa shape index (κ1) is 16.0. The highest BCUT2D eigenvalue weighted by atomic mass is 16.5. The lowest BCUT2D eigenvalue weighted by Gasteiger charge is -2.24. The Morgan fingerprint density at radius 2 is 2.10 bits per heavy atom. The van der Waals surface area contributed by atoms with Gasteiger partial charge in [0.2, 0.25) is 0 Å².